The number of benzene rings is 2. The molecule has 0 heterocycles. The lowest BCUT2D eigenvalue weighted by Gasteiger charge is -2.11. The number of hydrogen-bond acceptors (Lipinski definition) is 3. The summed E-state index contributed by atoms with van der Waals surface area (Å²) in [5, 5.41) is 9.99. The minimum Gasteiger partial charge on any atom is -0.464 e. The number of carbonyl (C=O) groups excluding carboxylic acids is 1. The summed E-state index contributed by atoms with van der Waals surface area (Å²) >= 11 is 0. The van der Waals surface area contributed by atoms with Crippen LogP contribution in [-0.4, -0.2) is 17.7 Å². The Kier molecular flexibility index (Phi) is 3.28. The molecule has 20 heavy (non-hydrogen) atoms. The van der Waals surface area contributed by atoms with Crippen LogP contribution in [0.1, 0.15) is 29.7 Å². The maximum Gasteiger partial charge on any atom is 0.339 e. The first kappa shape index (κ1) is 12.9. The van der Waals surface area contributed by atoms with Gasteiger partial charge < -0.3 is 9.84 Å². The van der Waals surface area contributed by atoms with Crippen molar-refractivity contribution < 1.29 is 14.6 Å². The van der Waals surface area contributed by atoms with Gasteiger partial charge in [-0.2, -0.15) is 0 Å². The van der Waals surface area contributed by atoms with Crippen molar-refractivity contribution in [2.75, 3.05) is 6.61 Å². The zero-order valence-electron chi connectivity index (χ0n) is 11.3. The highest BCUT2D eigenvalue weighted by Crippen LogP contribution is 2.37. The molecule has 0 saturated heterocycles. The van der Waals surface area contributed by atoms with Crippen LogP contribution in [0.3, 0.4) is 0 Å². The summed E-state index contributed by atoms with van der Waals surface area (Å²) in [6.45, 7) is 2.00. The predicted molar refractivity (Wildman–Crippen MR) is 76.3 cm³/mol. The van der Waals surface area contributed by atoms with Gasteiger partial charge in [0.15, 0.2) is 6.10 Å². The topological polar surface area (TPSA) is 46.5 Å². The molecule has 0 fully saturated rings. The number of carbonyl (C=O) groups is 1. The van der Waals surface area contributed by atoms with Crippen molar-refractivity contribution in [1.29, 1.82) is 0 Å². The Morgan fingerprint density at radius 3 is 2.75 bits per heavy atom. The van der Waals surface area contributed by atoms with Crippen molar-refractivity contribution in [3.05, 3.63) is 59.2 Å². The van der Waals surface area contributed by atoms with Crippen LogP contribution in [0.2, 0.25) is 0 Å². The Morgan fingerprint density at radius 1 is 1.20 bits per heavy atom. The highest BCUT2D eigenvalue weighted by molar-refractivity contribution is 5.80. The molecule has 0 aromatic heterocycles. The largest absolute Gasteiger partial charge is 0.464 e. The second kappa shape index (κ2) is 5.10. The molecule has 3 heteroatoms. The molecule has 3 nitrogen and oxygen atoms in total. The first-order valence-corrected chi connectivity index (χ1v) is 6.76. The predicted octanol–water partition coefficient (Wildman–Crippen LogP) is 2.85. The van der Waals surface area contributed by atoms with Gasteiger partial charge in [0.05, 0.1) is 6.61 Å². The molecular formula is C17H16O3. The Bertz CT molecular complexity index is 661. The van der Waals surface area contributed by atoms with Gasteiger partial charge in [0.2, 0.25) is 0 Å². The van der Waals surface area contributed by atoms with Gasteiger partial charge in [0.1, 0.15) is 0 Å². The quantitative estimate of drug-likeness (QED) is 0.743. The maximum absolute atomic E-state index is 11.6. The summed E-state index contributed by atoms with van der Waals surface area (Å²) in [6, 6.07) is 13.9. The molecule has 0 radical (unpaired) electrons. The summed E-state index contributed by atoms with van der Waals surface area (Å²) in [4.78, 5) is 11.6. The van der Waals surface area contributed by atoms with Crippen LogP contribution < -0.4 is 0 Å². The number of esters is 1. The molecule has 102 valence electrons. The Hall–Kier alpha value is -2.13. The van der Waals surface area contributed by atoms with E-state index in [-0.39, 0.29) is 6.61 Å². The van der Waals surface area contributed by atoms with E-state index in [1.54, 1.807) is 13.0 Å². The highest BCUT2D eigenvalue weighted by Gasteiger charge is 2.23. The average molecular weight is 268 g/mol. The van der Waals surface area contributed by atoms with Crippen molar-refractivity contribution in [3.63, 3.8) is 0 Å². The van der Waals surface area contributed by atoms with Crippen LogP contribution in [-0.2, 0) is 16.0 Å². The maximum atomic E-state index is 11.6. The molecule has 3 rings (SSSR count). The molecule has 2 aromatic rings. The van der Waals surface area contributed by atoms with E-state index in [1.807, 2.05) is 24.3 Å². The zero-order valence-corrected chi connectivity index (χ0v) is 11.3. The van der Waals surface area contributed by atoms with Gasteiger partial charge in [-0.1, -0.05) is 42.5 Å². The number of fused-ring (bicyclic) bond motifs is 3. The number of aliphatic hydroxyl groups excluding tert-OH is 1. The van der Waals surface area contributed by atoms with Gasteiger partial charge >= 0.3 is 5.97 Å². The number of hydrogen-bond donors (Lipinski definition) is 1. The minimum atomic E-state index is -1.20. The molecule has 1 aliphatic carbocycles. The highest BCUT2D eigenvalue weighted by atomic mass is 16.5. The molecule has 0 aliphatic heterocycles. The fourth-order valence-corrected chi connectivity index (χ4v) is 2.69. The van der Waals surface area contributed by atoms with Crippen LogP contribution >= 0.6 is 0 Å². The van der Waals surface area contributed by atoms with Gasteiger partial charge in [-0.25, -0.2) is 4.79 Å². The fraction of sp³-hybridized carbons (Fsp3) is 0.235. The summed E-state index contributed by atoms with van der Waals surface area (Å²) in [5.41, 5.74) is 5.44. The third kappa shape index (κ3) is 2.10. The van der Waals surface area contributed by atoms with Gasteiger partial charge in [-0.05, 0) is 41.2 Å². The monoisotopic (exact) mass is 268 g/mol. The molecule has 0 spiro atoms. The van der Waals surface area contributed by atoms with Crippen molar-refractivity contribution in [1.82, 2.24) is 0 Å². The normalized spacial score (nSPS) is 13.5. The molecule has 0 amide bonds. The van der Waals surface area contributed by atoms with E-state index < -0.39 is 12.1 Å². The van der Waals surface area contributed by atoms with E-state index in [0.717, 1.165) is 12.0 Å². The lowest BCUT2D eigenvalue weighted by Crippen LogP contribution is -2.15. The van der Waals surface area contributed by atoms with E-state index in [9.17, 15) is 9.90 Å². The summed E-state index contributed by atoms with van der Waals surface area (Å²) in [5.74, 6) is -0.594. The summed E-state index contributed by atoms with van der Waals surface area (Å²) in [6.07, 6.45) is -0.363. The van der Waals surface area contributed by atoms with E-state index >= 15 is 0 Å². The number of rotatable bonds is 3. The summed E-state index contributed by atoms with van der Waals surface area (Å²) in [7, 11) is 0. The molecule has 2 aromatic carbocycles. The Balaban J connectivity index is 1.93. The molecule has 0 unspecified atom stereocenters. The summed E-state index contributed by atoms with van der Waals surface area (Å²) < 4.78 is 4.85. The van der Waals surface area contributed by atoms with Crippen LogP contribution in [0.15, 0.2) is 42.5 Å². The van der Waals surface area contributed by atoms with Crippen LogP contribution in [0.4, 0.5) is 0 Å². The molecular weight excluding hydrogens is 252 g/mol. The average Bonchev–Trinajstić information content (AvgIpc) is 2.84. The van der Waals surface area contributed by atoms with Crippen molar-refractivity contribution in [3.8, 4) is 11.1 Å². The van der Waals surface area contributed by atoms with Crippen LogP contribution in [0.25, 0.3) is 11.1 Å². The first-order valence-electron chi connectivity index (χ1n) is 6.76. The van der Waals surface area contributed by atoms with Gasteiger partial charge in [0, 0.05) is 0 Å². The third-order valence-corrected chi connectivity index (χ3v) is 3.64. The first-order chi connectivity index (χ1) is 9.70. The van der Waals surface area contributed by atoms with Gasteiger partial charge in [0.25, 0.3) is 0 Å². The minimum absolute atomic E-state index is 0.270. The van der Waals surface area contributed by atoms with Crippen molar-refractivity contribution >= 4 is 5.97 Å². The third-order valence-electron chi connectivity index (χ3n) is 3.64. The SMILES string of the molecule is CCOC(=O)[C@H](O)c1ccc2c(c1)Cc1ccccc1-2. The van der Waals surface area contributed by atoms with E-state index in [4.69, 9.17) is 4.74 Å². The standard InChI is InChI=1S/C17H16O3/c1-2-20-17(19)16(18)12-7-8-15-13(10-12)9-11-5-3-4-6-14(11)15/h3-8,10,16,18H,2,9H2,1H3/t16-/m1/s1. The molecule has 0 bridgehead atoms. The van der Waals surface area contributed by atoms with Crippen molar-refractivity contribution in [2.24, 2.45) is 0 Å². The number of aliphatic hydroxyl groups is 1. The van der Waals surface area contributed by atoms with Gasteiger partial charge in [-0.3, -0.25) is 0 Å². The Labute approximate surface area is 117 Å². The smallest absolute Gasteiger partial charge is 0.339 e. The zero-order chi connectivity index (χ0) is 14.1. The van der Waals surface area contributed by atoms with E-state index in [0.29, 0.717) is 5.56 Å². The fourth-order valence-electron chi connectivity index (χ4n) is 2.69. The van der Waals surface area contributed by atoms with E-state index in [2.05, 4.69) is 12.1 Å². The lowest BCUT2D eigenvalue weighted by molar-refractivity contribution is -0.153. The molecule has 0 saturated carbocycles. The van der Waals surface area contributed by atoms with Crippen LogP contribution in [0.5, 0.6) is 0 Å². The Morgan fingerprint density at radius 2 is 1.95 bits per heavy atom. The number of ether oxygens (including phenoxy) is 1. The molecule has 1 N–H and O–H groups in total. The second-order valence-electron chi connectivity index (χ2n) is 4.91. The lowest BCUT2D eigenvalue weighted by atomic mass is 10.0. The second-order valence-corrected chi connectivity index (χ2v) is 4.91. The van der Waals surface area contributed by atoms with Crippen molar-refractivity contribution in [2.45, 2.75) is 19.4 Å². The van der Waals surface area contributed by atoms with Gasteiger partial charge in [-0.15, -0.1) is 0 Å². The van der Waals surface area contributed by atoms with Crippen LogP contribution in [0, 0.1) is 0 Å². The van der Waals surface area contributed by atoms with E-state index in [1.165, 1.54) is 16.7 Å². The molecule has 1 atom stereocenters. The molecule has 1 aliphatic rings.